The van der Waals surface area contributed by atoms with E-state index in [1.165, 1.54) is 12.0 Å². The fourth-order valence-corrected chi connectivity index (χ4v) is 3.70. The Kier molecular flexibility index (Phi) is 7.29. The fourth-order valence-electron chi connectivity index (χ4n) is 3.20. The van der Waals surface area contributed by atoms with Gasteiger partial charge in [0.05, 0.1) is 13.7 Å². The lowest BCUT2D eigenvalue weighted by Crippen LogP contribution is -2.50. The van der Waals surface area contributed by atoms with Crippen LogP contribution in [0.3, 0.4) is 0 Å². The van der Waals surface area contributed by atoms with Gasteiger partial charge in [-0.25, -0.2) is 4.79 Å². The largest absolute Gasteiger partial charge is 0.493 e. The van der Waals surface area contributed by atoms with Crippen molar-refractivity contribution in [3.63, 3.8) is 0 Å². The minimum Gasteiger partial charge on any atom is -0.493 e. The summed E-state index contributed by atoms with van der Waals surface area (Å²) >= 11 is 12.1. The van der Waals surface area contributed by atoms with Gasteiger partial charge < -0.3 is 24.4 Å². The Morgan fingerprint density at radius 3 is 2.33 bits per heavy atom. The third kappa shape index (κ3) is 5.29. The number of hydrogen-bond donors (Lipinski definition) is 1. The van der Waals surface area contributed by atoms with E-state index in [9.17, 15) is 9.59 Å². The Morgan fingerprint density at radius 2 is 1.70 bits per heavy atom. The van der Waals surface area contributed by atoms with Crippen LogP contribution in [0.4, 0.5) is 4.79 Å². The number of hydrogen-bond acceptors (Lipinski definition) is 4. The second-order valence-electron chi connectivity index (χ2n) is 6.76. The van der Waals surface area contributed by atoms with E-state index in [4.69, 9.17) is 37.8 Å². The molecular formula is C21H22Cl2N2O5. The molecule has 0 aromatic heterocycles. The molecule has 0 saturated carbocycles. The molecule has 2 amide bonds. The van der Waals surface area contributed by atoms with Crippen molar-refractivity contribution in [3.8, 4) is 11.5 Å². The van der Waals surface area contributed by atoms with Gasteiger partial charge in [-0.1, -0.05) is 29.3 Å². The molecule has 1 N–H and O–H groups in total. The minimum absolute atomic E-state index is 0.173. The summed E-state index contributed by atoms with van der Waals surface area (Å²) < 4.78 is 11.2. The number of piperazine rings is 1. The highest BCUT2D eigenvalue weighted by atomic mass is 35.5. The molecule has 0 atom stereocenters. The maximum Gasteiger partial charge on any atom is 0.407 e. The maximum atomic E-state index is 12.8. The quantitative estimate of drug-likeness (QED) is 0.714. The van der Waals surface area contributed by atoms with Crippen molar-refractivity contribution in [2.24, 2.45) is 0 Å². The lowest BCUT2D eigenvalue weighted by molar-refractivity contribution is 0.0624. The van der Waals surface area contributed by atoms with Gasteiger partial charge in [0.15, 0.2) is 11.5 Å². The monoisotopic (exact) mass is 452 g/mol. The average molecular weight is 453 g/mol. The molecule has 1 aliphatic heterocycles. The topological polar surface area (TPSA) is 79.3 Å². The molecule has 3 rings (SSSR count). The second kappa shape index (κ2) is 9.91. The van der Waals surface area contributed by atoms with Crippen LogP contribution in [0.25, 0.3) is 0 Å². The van der Waals surface area contributed by atoms with Gasteiger partial charge in [-0.05, 0) is 35.9 Å². The number of carboxylic acid groups (broad SMARTS) is 1. The van der Waals surface area contributed by atoms with Crippen molar-refractivity contribution < 1.29 is 24.2 Å². The molecule has 0 spiro atoms. The molecule has 2 aromatic carbocycles. The Balaban J connectivity index is 1.66. The molecular weight excluding hydrogens is 431 g/mol. The van der Waals surface area contributed by atoms with Gasteiger partial charge in [0.2, 0.25) is 0 Å². The molecule has 0 aliphatic carbocycles. The molecule has 0 radical (unpaired) electrons. The van der Waals surface area contributed by atoms with Gasteiger partial charge in [0.1, 0.15) is 0 Å². The van der Waals surface area contributed by atoms with Crippen molar-refractivity contribution in [3.05, 3.63) is 57.6 Å². The lowest BCUT2D eigenvalue weighted by Gasteiger charge is -2.33. The van der Waals surface area contributed by atoms with Gasteiger partial charge in [-0.3, -0.25) is 4.79 Å². The van der Waals surface area contributed by atoms with Crippen molar-refractivity contribution in [2.45, 2.75) is 6.42 Å². The van der Waals surface area contributed by atoms with E-state index in [0.29, 0.717) is 66.3 Å². The van der Waals surface area contributed by atoms with E-state index >= 15 is 0 Å². The molecule has 2 aromatic rings. The smallest absolute Gasteiger partial charge is 0.407 e. The highest BCUT2D eigenvalue weighted by Gasteiger charge is 2.25. The van der Waals surface area contributed by atoms with Crippen LogP contribution in [0, 0.1) is 0 Å². The number of rotatable bonds is 6. The van der Waals surface area contributed by atoms with Gasteiger partial charge in [0.25, 0.3) is 5.91 Å². The van der Waals surface area contributed by atoms with Crippen LogP contribution in [-0.4, -0.2) is 66.8 Å². The summed E-state index contributed by atoms with van der Waals surface area (Å²) in [5, 5.41) is 10.2. The predicted molar refractivity (Wildman–Crippen MR) is 114 cm³/mol. The highest BCUT2D eigenvalue weighted by Crippen LogP contribution is 2.29. The summed E-state index contributed by atoms with van der Waals surface area (Å²) in [5.41, 5.74) is 1.36. The number of carbonyl (C=O) groups is 2. The summed E-state index contributed by atoms with van der Waals surface area (Å²) in [6.45, 7) is 1.63. The summed E-state index contributed by atoms with van der Waals surface area (Å²) in [7, 11) is 1.53. The first-order chi connectivity index (χ1) is 14.4. The second-order valence-corrected chi connectivity index (χ2v) is 7.61. The first-order valence-corrected chi connectivity index (χ1v) is 10.2. The molecule has 1 aliphatic rings. The van der Waals surface area contributed by atoms with Gasteiger partial charge in [-0.2, -0.15) is 0 Å². The zero-order valence-electron chi connectivity index (χ0n) is 16.4. The van der Waals surface area contributed by atoms with E-state index in [1.54, 1.807) is 35.2 Å². The van der Waals surface area contributed by atoms with Crippen LogP contribution in [0.1, 0.15) is 15.9 Å². The molecule has 30 heavy (non-hydrogen) atoms. The molecule has 1 saturated heterocycles. The molecule has 1 heterocycles. The van der Waals surface area contributed by atoms with Gasteiger partial charge in [0, 0.05) is 48.2 Å². The molecule has 1 fully saturated rings. The van der Waals surface area contributed by atoms with Crippen LogP contribution in [0.15, 0.2) is 36.4 Å². The van der Waals surface area contributed by atoms with Crippen molar-refractivity contribution in [2.75, 3.05) is 39.9 Å². The Morgan fingerprint density at radius 1 is 1.00 bits per heavy atom. The van der Waals surface area contributed by atoms with Crippen molar-refractivity contribution in [1.82, 2.24) is 9.80 Å². The Hall–Kier alpha value is -2.64. The van der Waals surface area contributed by atoms with Crippen LogP contribution in [-0.2, 0) is 6.42 Å². The van der Waals surface area contributed by atoms with Gasteiger partial charge in [-0.15, -0.1) is 0 Å². The third-order valence-corrected chi connectivity index (χ3v) is 5.48. The SMILES string of the molecule is COc1ccc(C(=O)N2CCN(C(=O)O)CC2)cc1OCCc1ccc(Cl)cc1Cl. The zero-order chi connectivity index (χ0) is 21.7. The standard InChI is InChI=1S/C21H22Cl2N2O5/c1-29-18-5-3-15(20(26)24-7-9-25(10-8-24)21(27)28)12-19(18)30-11-6-14-2-4-16(22)13-17(14)23/h2-5,12-13H,6-11H2,1H3,(H,27,28). The average Bonchev–Trinajstić information content (AvgIpc) is 2.74. The first-order valence-electron chi connectivity index (χ1n) is 9.41. The van der Waals surface area contributed by atoms with E-state index in [-0.39, 0.29) is 5.91 Å². The van der Waals surface area contributed by atoms with Crippen LogP contribution in [0.5, 0.6) is 11.5 Å². The number of methoxy groups -OCH3 is 1. The Labute approximate surface area is 184 Å². The number of ether oxygens (including phenoxy) is 2. The van der Waals surface area contributed by atoms with Crippen LogP contribution in [0.2, 0.25) is 10.0 Å². The number of nitrogens with zero attached hydrogens (tertiary/aromatic N) is 2. The fraction of sp³-hybridized carbons (Fsp3) is 0.333. The first kappa shape index (κ1) is 22.1. The summed E-state index contributed by atoms with van der Waals surface area (Å²) in [6.07, 6.45) is -0.405. The molecule has 0 unspecified atom stereocenters. The highest BCUT2D eigenvalue weighted by molar-refractivity contribution is 6.35. The molecule has 0 bridgehead atoms. The molecule has 7 nitrogen and oxygen atoms in total. The molecule has 9 heteroatoms. The molecule has 160 valence electrons. The summed E-state index contributed by atoms with van der Waals surface area (Å²) in [4.78, 5) is 26.8. The van der Waals surface area contributed by atoms with E-state index in [1.807, 2.05) is 6.07 Å². The van der Waals surface area contributed by atoms with E-state index < -0.39 is 6.09 Å². The maximum absolute atomic E-state index is 12.8. The van der Waals surface area contributed by atoms with Crippen LogP contribution < -0.4 is 9.47 Å². The minimum atomic E-state index is -0.969. The van der Waals surface area contributed by atoms with Crippen molar-refractivity contribution in [1.29, 1.82) is 0 Å². The van der Waals surface area contributed by atoms with E-state index in [0.717, 1.165) is 5.56 Å². The zero-order valence-corrected chi connectivity index (χ0v) is 17.9. The third-order valence-electron chi connectivity index (χ3n) is 4.89. The lowest BCUT2D eigenvalue weighted by atomic mass is 10.1. The summed E-state index contributed by atoms with van der Waals surface area (Å²) in [6, 6.07) is 10.3. The van der Waals surface area contributed by atoms with Gasteiger partial charge >= 0.3 is 6.09 Å². The number of benzene rings is 2. The van der Waals surface area contributed by atoms with E-state index in [2.05, 4.69) is 0 Å². The van der Waals surface area contributed by atoms with Crippen LogP contribution >= 0.6 is 23.2 Å². The normalized spacial score (nSPS) is 13.8. The predicted octanol–water partition coefficient (Wildman–Crippen LogP) is 4.06. The number of amides is 2. The Bertz CT molecular complexity index is 930. The number of carbonyl (C=O) groups excluding carboxylic acids is 1. The number of halogens is 2. The van der Waals surface area contributed by atoms with Crippen molar-refractivity contribution >= 4 is 35.2 Å². The summed E-state index contributed by atoms with van der Waals surface area (Å²) in [5.74, 6) is 0.801.